The lowest BCUT2D eigenvalue weighted by Crippen LogP contribution is -2.42. The number of carbonyl (C=O) groups is 1. The molecule has 0 saturated carbocycles. The first-order chi connectivity index (χ1) is 8.59. The van der Waals surface area contributed by atoms with Gasteiger partial charge in [0.25, 0.3) is 0 Å². The highest BCUT2D eigenvalue weighted by Crippen LogP contribution is 2.23. The molecule has 1 aromatic carbocycles. The molecule has 1 N–H and O–H groups in total. The van der Waals surface area contributed by atoms with E-state index >= 15 is 0 Å². The maximum atomic E-state index is 13.2. The van der Waals surface area contributed by atoms with Gasteiger partial charge in [0.05, 0.1) is 13.2 Å². The van der Waals surface area contributed by atoms with Crippen LogP contribution in [0.4, 0.5) is 8.78 Å². The summed E-state index contributed by atoms with van der Waals surface area (Å²) in [7, 11) is 0. The number of nitrogens with zero attached hydrogens (tertiary/aromatic N) is 1. The van der Waals surface area contributed by atoms with Crippen LogP contribution < -0.4 is 0 Å². The molecule has 2 rings (SSSR count). The van der Waals surface area contributed by atoms with Gasteiger partial charge in [-0.1, -0.05) is 6.07 Å². The van der Waals surface area contributed by atoms with Gasteiger partial charge in [0.15, 0.2) is 11.6 Å². The lowest BCUT2D eigenvalue weighted by Gasteiger charge is -2.32. The molecule has 0 bridgehead atoms. The molecule has 0 aliphatic carbocycles. The van der Waals surface area contributed by atoms with Gasteiger partial charge in [0.2, 0.25) is 0 Å². The summed E-state index contributed by atoms with van der Waals surface area (Å²) < 4.78 is 31.1. The predicted molar refractivity (Wildman–Crippen MR) is 59.1 cm³/mol. The highest BCUT2D eigenvalue weighted by Gasteiger charge is 2.29. The summed E-state index contributed by atoms with van der Waals surface area (Å²) in [6.07, 6.45) is 0. The van der Waals surface area contributed by atoms with Crippen molar-refractivity contribution in [2.24, 2.45) is 0 Å². The molecule has 0 radical (unpaired) electrons. The Morgan fingerprint density at radius 1 is 1.28 bits per heavy atom. The van der Waals surface area contributed by atoms with Crippen LogP contribution in [0.3, 0.4) is 0 Å². The summed E-state index contributed by atoms with van der Waals surface area (Å²) in [5.74, 6) is -3.10. The molecular formula is C12H13F2NO3. The van der Waals surface area contributed by atoms with Gasteiger partial charge in [-0.2, -0.15) is 0 Å². The van der Waals surface area contributed by atoms with Gasteiger partial charge < -0.3 is 9.84 Å². The fourth-order valence-electron chi connectivity index (χ4n) is 2.03. The van der Waals surface area contributed by atoms with Gasteiger partial charge in [-0.05, 0) is 17.7 Å². The topological polar surface area (TPSA) is 49.8 Å². The van der Waals surface area contributed by atoms with Crippen molar-refractivity contribution in [1.82, 2.24) is 4.90 Å². The summed E-state index contributed by atoms with van der Waals surface area (Å²) in [5.41, 5.74) is 0.239. The van der Waals surface area contributed by atoms with E-state index in [2.05, 4.69) is 0 Å². The van der Waals surface area contributed by atoms with Crippen molar-refractivity contribution in [3.05, 3.63) is 35.4 Å². The minimum atomic E-state index is -1.08. The van der Waals surface area contributed by atoms with E-state index in [0.29, 0.717) is 26.3 Å². The number of hydrogen-bond donors (Lipinski definition) is 1. The van der Waals surface area contributed by atoms with Crippen LogP contribution in [0.5, 0.6) is 0 Å². The number of carboxylic acids is 1. The number of ether oxygens (including phenoxy) is 1. The monoisotopic (exact) mass is 257 g/mol. The number of aliphatic carboxylic acids is 1. The minimum Gasteiger partial charge on any atom is -0.480 e. The normalized spacial score (nSPS) is 18.6. The zero-order chi connectivity index (χ0) is 13.1. The molecule has 6 heteroatoms. The first-order valence-corrected chi connectivity index (χ1v) is 5.59. The second-order valence-electron chi connectivity index (χ2n) is 4.06. The first kappa shape index (κ1) is 12.9. The van der Waals surface area contributed by atoms with Gasteiger partial charge in [0, 0.05) is 13.1 Å². The Balaban J connectivity index is 2.28. The van der Waals surface area contributed by atoms with E-state index in [1.165, 1.54) is 6.07 Å². The van der Waals surface area contributed by atoms with Crippen LogP contribution in [0, 0.1) is 11.6 Å². The average Bonchev–Trinajstić information content (AvgIpc) is 2.35. The maximum absolute atomic E-state index is 13.2. The second kappa shape index (κ2) is 5.41. The fraction of sp³-hybridized carbons (Fsp3) is 0.417. The number of benzene rings is 1. The van der Waals surface area contributed by atoms with Crippen LogP contribution in [0.25, 0.3) is 0 Å². The molecule has 1 aliphatic rings. The van der Waals surface area contributed by atoms with Crippen molar-refractivity contribution in [3.8, 4) is 0 Å². The van der Waals surface area contributed by atoms with Crippen LogP contribution in [-0.2, 0) is 9.53 Å². The van der Waals surface area contributed by atoms with Gasteiger partial charge in [-0.25, -0.2) is 8.78 Å². The Morgan fingerprint density at radius 2 is 1.94 bits per heavy atom. The molecule has 4 nitrogen and oxygen atoms in total. The average molecular weight is 257 g/mol. The molecule has 1 atom stereocenters. The van der Waals surface area contributed by atoms with Crippen LogP contribution >= 0.6 is 0 Å². The van der Waals surface area contributed by atoms with Crippen LogP contribution in [-0.4, -0.2) is 42.3 Å². The van der Waals surface area contributed by atoms with Gasteiger partial charge in [-0.3, -0.25) is 9.69 Å². The molecule has 1 unspecified atom stereocenters. The Labute approximate surface area is 103 Å². The van der Waals surface area contributed by atoms with E-state index in [4.69, 9.17) is 4.74 Å². The Kier molecular flexibility index (Phi) is 3.88. The molecular weight excluding hydrogens is 244 g/mol. The largest absolute Gasteiger partial charge is 0.480 e. The highest BCUT2D eigenvalue weighted by atomic mass is 19.2. The number of halogens is 2. The molecule has 18 heavy (non-hydrogen) atoms. The fourth-order valence-corrected chi connectivity index (χ4v) is 2.03. The minimum absolute atomic E-state index is 0.239. The van der Waals surface area contributed by atoms with Crippen molar-refractivity contribution in [2.75, 3.05) is 26.3 Å². The number of hydrogen-bond acceptors (Lipinski definition) is 3. The molecule has 1 aromatic rings. The lowest BCUT2D eigenvalue weighted by molar-refractivity contribution is -0.145. The van der Waals surface area contributed by atoms with Crippen molar-refractivity contribution < 1.29 is 23.4 Å². The quantitative estimate of drug-likeness (QED) is 0.889. The summed E-state index contributed by atoms with van der Waals surface area (Å²) in [5, 5.41) is 9.24. The second-order valence-corrected chi connectivity index (χ2v) is 4.06. The standard InChI is InChI=1S/C12H13F2NO3/c13-9-2-1-8(7-10(9)14)11(12(16)17)15-3-5-18-6-4-15/h1-2,7,11H,3-6H2,(H,16,17). The lowest BCUT2D eigenvalue weighted by atomic mass is 10.0. The highest BCUT2D eigenvalue weighted by molar-refractivity contribution is 5.75. The van der Waals surface area contributed by atoms with Gasteiger partial charge in [-0.15, -0.1) is 0 Å². The summed E-state index contributed by atoms with van der Waals surface area (Å²) in [6, 6.07) is 2.21. The molecule has 1 saturated heterocycles. The number of morpholine rings is 1. The first-order valence-electron chi connectivity index (χ1n) is 5.59. The number of carboxylic acid groups (broad SMARTS) is 1. The van der Waals surface area contributed by atoms with Crippen molar-refractivity contribution in [3.63, 3.8) is 0 Å². The molecule has 98 valence electrons. The van der Waals surface area contributed by atoms with E-state index in [-0.39, 0.29) is 5.56 Å². The smallest absolute Gasteiger partial charge is 0.325 e. The number of rotatable bonds is 3. The van der Waals surface area contributed by atoms with Crippen molar-refractivity contribution in [2.45, 2.75) is 6.04 Å². The van der Waals surface area contributed by atoms with E-state index in [1.54, 1.807) is 4.90 Å². The van der Waals surface area contributed by atoms with Crippen molar-refractivity contribution >= 4 is 5.97 Å². The van der Waals surface area contributed by atoms with E-state index in [1.807, 2.05) is 0 Å². The Bertz CT molecular complexity index is 447. The van der Waals surface area contributed by atoms with E-state index in [9.17, 15) is 18.7 Å². The molecule has 1 heterocycles. The third-order valence-corrected chi connectivity index (χ3v) is 2.90. The van der Waals surface area contributed by atoms with Crippen LogP contribution in [0.15, 0.2) is 18.2 Å². The summed E-state index contributed by atoms with van der Waals surface area (Å²) in [6.45, 7) is 1.78. The third-order valence-electron chi connectivity index (χ3n) is 2.90. The molecule has 1 fully saturated rings. The van der Waals surface area contributed by atoms with Crippen molar-refractivity contribution in [1.29, 1.82) is 0 Å². The Morgan fingerprint density at radius 3 is 2.50 bits per heavy atom. The summed E-state index contributed by atoms with van der Waals surface area (Å²) in [4.78, 5) is 13.0. The van der Waals surface area contributed by atoms with Crippen LogP contribution in [0.2, 0.25) is 0 Å². The van der Waals surface area contributed by atoms with Crippen LogP contribution in [0.1, 0.15) is 11.6 Å². The van der Waals surface area contributed by atoms with E-state index < -0.39 is 23.6 Å². The third kappa shape index (κ3) is 2.65. The molecule has 1 aliphatic heterocycles. The zero-order valence-corrected chi connectivity index (χ0v) is 9.60. The predicted octanol–water partition coefficient (Wildman–Crippen LogP) is 1.42. The molecule has 0 spiro atoms. The van der Waals surface area contributed by atoms with E-state index in [0.717, 1.165) is 12.1 Å². The SMILES string of the molecule is O=C(O)C(c1ccc(F)c(F)c1)N1CCOCC1. The summed E-state index contributed by atoms with van der Waals surface area (Å²) >= 11 is 0. The maximum Gasteiger partial charge on any atom is 0.325 e. The van der Waals surface area contributed by atoms with Gasteiger partial charge in [0.1, 0.15) is 6.04 Å². The van der Waals surface area contributed by atoms with Gasteiger partial charge >= 0.3 is 5.97 Å². The molecule has 0 aromatic heterocycles. The Hall–Kier alpha value is -1.53. The zero-order valence-electron chi connectivity index (χ0n) is 9.60. The molecule has 0 amide bonds.